The molecule has 0 saturated heterocycles. The molecule has 7 heteroatoms. The zero-order valence-electron chi connectivity index (χ0n) is 18.9. The molecule has 0 aliphatic rings. The van der Waals surface area contributed by atoms with Crippen molar-refractivity contribution in [3.8, 4) is 11.5 Å². The van der Waals surface area contributed by atoms with Crippen LogP contribution in [0.5, 0.6) is 11.5 Å². The molecule has 0 saturated carbocycles. The van der Waals surface area contributed by atoms with Crippen LogP contribution in [0.25, 0.3) is 0 Å². The first-order valence-corrected chi connectivity index (χ1v) is 10.9. The maximum absolute atomic E-state index is 13.3. The number of benzene rings is 3. The zero-order chi connectivity index (χ0) is 23.6. The molecule has 3 aromatic rings. The van der Waals surface area contributed by atoms with Gasteiger partial charge in [-0.25, -0.2) is 0 Å². The van der Waals surface area contributed by atoms with Crippen molar-refractivity contribution < 1.29 is 14.3 Å². The fourth-order valence-corrected chi connectivity index (χ4v) is 3.35. The molecule has 0 bridgehead atoms. The van der Waals surface area contributed by atoms with Crippen molar-refractivity contribution >= 4 is 17.4 Å². The molecular formula is C26H30N4O3. The van der Waals surface area contributed by atoms with E-state index in [0.717, 1.165) is 16.8 Å². The Kier molecular flexibility index (Phi) is 8.30. The fraction of sp³-hybridized carbons (Fsp3) is 0.231. The minimum atomic E-state index is -0.674. The Bertz CT molecular complexity index is 1070. The minimum absolute atomic E-state index is 0.00780. The molecule has 0 aromatic heterocycles. The molecule has 7 nitrogen and oxygen atoms in total. The lowest BCUT2D eigenvalue weighted by molar-refractivity contribution is -0.122. The molecule has 0 radical (unpaired) electrons. The van der Waals surface area contributed by atoms with Gasteiger partial charge in [-0.3, -0.25) is 10.2 Å². The Morgan fingerprint density at radius 2 is 1.61 bits per heavy atom. The van der Waals surface area contributed by atoms with E-state index < -0.39 is 6.04 Å². The van der Waals surface area contributed by atoms with Crippen LogP contribution in [-0.2, 0) is 11.3 Å². The monoisotopic (exact) mass is 446 g/mol. The van der Waals surface area contributed by atoms with E-state index in [9.17, 15) is 4.79 Å². The van der Waals surface area contributed by atoms with Gasteiger partial charge >= 0.3 is 0 Å². The summed E-state index contributed by atoms with van der Waals surface area (Å²) in [7, 11) is 0. The second-order valence-corrected chi connectivity index (χ2v) is 7.34. The van der Waals surface area contributed by atoms with Crippen molar-refractivity contribution in [2.45, 2.75) is 26.4 Å². The Hall–Kier alpha value is -4.00. The molecule has 0 spiro atoms. The molecule has 3 aromatic carbocycles. The number of nitrogen functional groups attached to an aromatic ring is 1. The molecule has 1 amide bonds. The van der Waals surface area contributed by atoms with Crippen LogP contribution < -0.4 is 25.8 Å². The molecule has 0 unspecified atom stereocenters. The first kappa shape index (κ1) is 23.7. The average molecular weight is 447 g/mol. The summed E-state index contributed by atoms with van der Waals surface area (Å²) in [4.78, 5) is 13.3. The van der Waals surface area contributed by atoms with E-state index in [1.807, 2.05) is 62.4 Å². The topological polar surface area (TPSA) is 109 Å². The van der Waals surface area contributed by atoms with Crippen LogP contribution in [0.4, 0.5) is 5.69 Å². The third kappa shape index (κ3) is 6.49. The number of amides is 1. The molecule has 172 valence electrons. The van der Waals surface area contributed by atoms with Gasteiger partial charge in [0.25, 0.3) is 0 Å². The standard InChI is InChI=1S/C26H30N4O3/c1-3-32-22-15-12-20(16-23(22)33-4-2)24(26(31)29-17-18-8-6-5-7-9-18)30-21-13-10-19(11-14-21)25(27)28/h5-16,24,30H,3-4,17H2,1-2H3,(H3,27,28)(H,29,31)/t24-/m1/s1. The quantitative estimate of drug-likeness (QED) is 0.260. The average Bonchev–Trinajstić information content (AvgIpc) is 2.83. The van der Waals surface area contributed by atoms with E-state index in [0.29, 0.717) is 36.8 Å². The van der Waals surface area contributed by atoms with Gasteiger partial charge in [0.1, 0.15) is 11.9 Å². The SMILES string of the molecule is CCOc1ccc([C@@H](Nc2ccc(C(=N)N)cc2)C(=O)NCc2ccccc2)cc1OCC. The summed E-state index contributed by atoms with van der Waals surface area (Å²) in [6.07, 6.45) is 0. The number of carbonyl (C=O) groups is 1. The second-order valence-electron chi connectivity index (χ2n) is 7.34. The normalized spacial score (nSPS) is 11.3. The number of hydrogen-bond donors (Lipinski definition) is 4. The van der Waals surface area contributed by atoms with Crippen LogP contribution in [-0.4, -0.2) is 25.0 Å². The molecule has 1 atom stereocenters. The van der Waals surface area contributed by atoms with Crippen molar-refractivity contribution in [1.29, 1.82) is 5.41 Å². The maximum atomic E-state index is 13.3. The third-order valence-corrected chi connectivity index (χ3v) is 4.98. The predicted octanol–water partition coefficient (Wildman–Crippen LogP) is 4.24. The lowest BCUT2D eigenvalue weighted by Crippen LogP contribution is -2.33. The Morgan fingerprint density at radius 1 is 0.939 bits per heavy atom. The highest BCUT2D eigenvalue weighted by Gasteiger charge is 2.22. The van der Waals surface area contributed by atoms with Crippen molar-refractivity contribution in [2.75, 3.05) is 18.5 Å². The van der Waals surface area contributed by atoms with Crippen LogP contribution in [0.1, 0.15) is 36.6 Å². The predicted molar refractivity (Wildman–Crippen MR) is 131 cm³/mol. The Labute approximate surface area is 194 Å². The Morgan fingerprint density at radius 3 is 2.24 bits per heavy atom. The largest absolute Gasteiger partial charge is 0.490 e. The number of amidine groups is 1. The van der Waals surface area contributed by atoms with Gasteiger partial charge in [-0.15, -0.1) is 0 Å². The van der Waals surface area contributed by atoms with Crippen molar-refractivity contribution in [3.63, 3.8) is 0 Å². The molecule has 33 heavy (non-hydrogen) atoms. The van der Waals surface area contributed by atoms with Crippen LogP contribution in [0.2, 0.25) is 0 Å². The summed E-state index contributed by atoms with van der Waals surface area (Å²) in [5.41, 5.74) is 8.65. The van der Waals surface area contributed by atoms with E-state index in [4.69, 9.17) is 20.6 Å². The number of nitrogens with one attached hydrogen (secondary N) is 3. The second kappa shape index (κ2) is 11.6. The van der Waals surface area contributed by atoms with Crippen molar-refractivity contribution in [2.24, 2.45) is 5.73 Å². The number of anilines is 1. The van der Waals surface area contributed by atoms with Gasteiger partial charge < -0.3 is 25.8 Å². The Balaban J connectivity index is 1.89. The van der Waals surface area contributed by atoms with Crippen molar-refractivity contribution in [3.05, 3.63) is 89.5 Å². The highest BCUT2D eigenvalue weighted by molar-refractivity contribution is 5.95. The maximum Gasteiger partial charge on any atom is 0.247 e. The first-order valence-electron chi connectivity index (χ1n) is 10.9. The molecule has 3 rings (SSSR count). The lowest BCUT2D eigenvalue weighted by atomic mass is 10.0. The lowest BCUT2D eigenvalue weighted by Gasteiger charge is -2.22. The van der Waals surface area contributed by atoms with Gasteiger partial charge in [0.05, 0.1) is 13.2 Å². The number of rotatable bonds is 11. The number of ether oxygens (including phenoxy) is 2. The summed E-state index contributed by atoms with van der Waals surface area (Å²) < 4.78 is 11.4. The highest BCUT2D eigenvalue weighted by Crippen LogP contribution is 2.32. The molecule has 0 heterocycles. The molecule has 0 aliphatic heterocycles. The summed E-state index contributed by atoms with van der Waals surface area (Å²) in [5, 5.41) is 13.9. The molecule has 0 aliphatic carbocycles. The van der Waals surface area contributed by atoms with Crippen LogP contribution in [0.15, 0.2) is 72.8 Å². The van der Waals surface area contributed by atoms with Crippen LogP contribution in [0.3, 0.4) is 0 Å². The first-order chi connectivity index (χ1) is 16.0. The van der Waals surface area contributed by atoms with Gasteiger partial charge in [-0.05, 0) is 61.4 Å². The van der Waals surface area contributed by atoms with Crippen LogP contribution in [0, 0.1) is 5.41 Å². The van der Waals surface area contributed by atoms with E-state index in [1.54, 1.807) is 24.3 Å². The van der Waals surface area contributed by atoms with E-state index >= 15 is 0 Å². The fourth-order valence-electron chi connectivity index (χ4n) is 3.35. The number of nitrogens with two attached hydrogens (primary N) is 1. The molecular weight excluding hydrogens is 416 g/mol. The zero-order valence-corrected chi connectivity index (χ0v) is 18.9. The van der Waals surface area contributed by atoms with Crippen LogP contribution >= 0.6 is 0 Å². The number of carbonyl (C=O) groups excluding carboxylic acids is 1. The summed E-state index contributed by atoms with van der Waals surface area (Å²) >= 11 is 0. The molecule has 0 fully saturated rings. The van der Waals surface area contributed by atoms with Gasteiger partial charge in [0.2, 0.25) is 5.91 Å². The summed E-state index contributed by atoms with van der Waals surface area (Å²) in [6.45, 7) is 5.23. The van der Waals surface area contributed by atoms with Gasteiger partial charge in [-0.2, -0.15) is 0 Å². The minimum Gasteiger partial charge on any atom is -0.490 e. The third-order valence-electron chi connectivity index (χ3n) is 4.98. The summed E-state index contributed by atoms with van der Waals surface area (Å²) in [5.74, 6) is 1.04. The van der Waals surface area contributed by atoms with Gasteiger partial charge in [-0.1, -0.05) is 36.4 Å². The van der Waals surface area contributed by atoms with Crippen molar-refractivity contribution in [1.82, 2.24) is 5.32 Å². The van der Waals surface area contributed by atoms with Gasteiger partial charge in [0.15, 0.2) is 11.5 Å². The van der Waals surface area contributed by atoms with E-state index in [-0.39, 0.29) is 11.7 Å². The highest BCUT2D eigenvalue weighted by atomic mass is 16.5. The number of hydrogen-bond acceptors (Lipinski definition) is 5. The van der Waals surface area contributed by atoms with E-state index in [2.05, 4.69) is 10.6 Å². The summed E-state index contributed by atoms with van der Waals surface area (Å²) in [6, 6.07) is 21.7. The van der Waals surface area contributed by atoms with Gasteiger partial charge in [0, 0.05) is 17.8 Å². The van der Waals surface area contributed by atoms with E-state index in [1.165, 1.54) is 0 Å². The molecule has 5 N–H and O–H groups in total. The smallest absolute Gasteiger partial charge is 0.247 e.